The van der Waals surface area contributed by atoms with Crippen LogP contribution in [0, 0.1) is 0 Å². The SMILES string of the molecule is CC(=O)c1ccc(N2CCOC3CCCC32)o1. The fourth-order valence-electron chi connectivity index (χ4n) is 2.87. The van der Waals surface area contributed by atoms with Crippen LogP contribution in [-0.4, -0.2) is 31.1 Å². The number of Topliss-reactive ketones (excluding diaryl/α,β-unsaturated/α-hetero) is 1. The molecule has 0 amide bonds. The van der Waals surface area contributed by atoms with Crippen LogP contribution < -0.4 is 4.90 Å². The van der Waals surface area contributed by atoms with Crippen molar-refractivity contribution in [2.75, 3.05) is 18.1 Å². The van der Waals surface area contributed by atoms with E-state index in [1.807, 2.05) is 6.07 Å². The van der Waals surface area contributed by atoms with E-state index >= 15 is 0 Å². The van der Waals surface area contributed by atoms with Gasteiger partial charge in [-0.05, 0) is 25.3 Å². The van der Waals surface area contributed by atoms with Gasteiger partial charge in [0.25, 0.3) is 0 Å². The van der Waals surface area contributed by atoms with Gasteiger partial charge in [0.1, 0.15) is 0 Å². The highest BCUT2D eigenvalue weighted by Gasteiger charge is 2.37. The summed E-state index contributed by atoms with van der Waals surface area (Å²) in [6, 6.07) is 4.09. The van der Waals surface area contributed by atoms with Crippen molar-refractivity contribution >= 4 is 11.7 Å². The molecule has 0 aromatic carbocycles. The number of carbonyl (C=O) groups is 1. The van der Waals surface area contributed by atoms with Gasteiger partial charge in [-0.15, -0.1) is 0 Å². The number of nitrogens with zero attached hydrogens (tertiary/aromatic N) is 1. The highest BCUT2D eigenvalue weighted by molar-refractivity contribution is 5.91. The first-order chi connectivity index (χ1) is 8.25. The Bertz CT molecular complexity index is 426. The van der Waals surface area contributed by atoms with Crippen LogP contribution in [0.3, 0.4) is 0 Å². The summed E-state index contributed by atoms with van der Waals surface area (Å²) >= 11 is 0. The molecule has 1 saturated carbocycles. The second kappa shape index (κ2) is 4.18. The average Bonchev–Trinajstić information content (AvgIpc) is 2.97. The Balaban J connectivity index is 1.84. The molecule has 2 fully saturated rings. The number of anilines is 1. The number of morpholine rings is 1. The third-order valence-corrected chi connectivity index (χ3v) is 3.70. The molecule has 3 rings (SSSR count). The number of hydrogen-bond acceptors (Lipinski definition) is 4. The molecule has 1 aliphatic carbocycles. The Morgan fingerprint density at radius 1 is 1.41 bits per heavy atom. The molecule has 4 heteroatoms. The number of furan rings is 1. The van der Waals surface area contributed by atoms with E-state index in [1.165, 1.54) is 13.3 Å². The fraction of sp³-hybridized carbons (Fsp3) is 0.615. The first kappa shape index (κ1) is 10.8. The molecule has 1 saturated heterocycles. The lowest BCUT2D eigenvalue weighted by Gasteiger charge is -2.37. The summed E-state index contributed by atoms with van der Waals surface area (Å²) in [7, 11) is 0. The van der Waals surface area contributed by atoms with Crippen molar-refractivity contribution < 1.29 is 13.9 Å². The lowest BCUT2D eigenvalue weighted by Crippen LogP contribution is -2.48. The van der Waals surface area contributed by atoms with Crippen molar-refractivity contribution in [1.29, 1.82) is 0 Å². The number of ether oxygens (including phenoxy) is 1. The zero-order chi connectivity index (χ0) is 11.8. The van der Waals surface area contributed by atoms with Crippen molar-refractivity contribution in [3.8, 4) is 0 Å². The molecule has 0 N–H and O–H groups in total. The van der Waals surface area contributed by atoms with E-state index in [1.54, 1.807) is 6.07 Å². The second-order valence-corrected chi connectivity index (χ2v) is 4.79. The van der Waals surface area contributed by atoms with E-state index in [9.17, 15) is 4.79 Å². The molecule has 17 heavy (non-hydrogen) atoms. The summed E-state index contributed by atoms with van der Waals surface area (Å²) < 4.78 is 11.4. The van der Waals surface area contributed by atoms with Crippen LogP contribution in [-0.2, 0) is 4.74 Å². The third kappa shape index (κ3) is 1.86. The summed E-state index contributed by atoms with van der Waals surface area (Å²) in [6.07, 6.45) is 3.85. The predicted octanol–water partition coefficient (Wildman–Crippen LogP) is 2.24. The van der Waals surface area contributed by atoms with Gasteiger partial charge in [-0.3, -0.25) is 4.79 Å². The zero-order valence-corrected chi connectivity index (χ0v) is 10.0. The minimum atomic E-state index is -0.0209. The molecule has 4 nitrogen and oxygen atoms in total. The lowest BCUT2D eigenvalue weighted by molar-refractivity contribution is 0.0240. The molecule has 1 aromatic rings. The Morgan fingerprint density at radius 3 is 3.06 bits per heavy atom. The van der Waals surface area contributed by atoms with E-state index in [2.05, 4.69) is 4.90 Å². The highest BCUT2D eigenvalue weighted by atomic mass is 16.5. The van der Waals surface area contributed by atoms with Crippen molar-refractivity contribution in [2.45, 2.75) is 38.3 Å². The molecular formula is C13H17NO3. The predicted molar refractivity (Wildman–Crippen MR) is 63.4 cm³/mol. The van der Waals surface area contributed by atoms with E-state index in [0.717, 1.165) is 31.9 Å². The Kier molecular flexibility index (Phi) is 2.67. The van der Waals surface area contributed by atoms with E-state index in [4.69, 9.17) is 9.15 Å². The van der Waals surface area contributed by atoms with Gasteiger partial charge in [0.05, 0.1) is 18.8 Å². The monoisotopic (exact) mass is 235 g/mol. The smallest absolute Gasteiger partial charge is 0.196 e. The molecule has 1 aliphatic heterocycles. The Morgan fingerprint density at radius 2 is 2.29 bits per heavy atom. The van der Waals surface area contributed by atoms with Gasteiger partial charge < -0.3 is 14.1 Å². The van der Waals surface area contributed by atoms with Crippen LogP contribution in [0.25, 0.3) is 0 Å². The number of rotatable bonds is 2. The van der Waals surface area contributed by atoms with Crippen LogP contribution in [0.4, 0.5) is 5.88 Å². The van der Waals surface area contributed by atoms with Gasteiger partial charge in [-0.1, -0.05) is 0 Å². The zero-order valence-electron chi connectivity index (χ0n) is 10.0. The first-order valence-electron chi connectivity index (χ1n) is 6.25. The molecule has 2 atom stereocenters. The maximum atomic E-state index is 11.2. The summed E-state index contributed by atoms with van der Waals surface area (Å²) in [6.45, 7) is 3.13. The maximum Gasteiger partial charge on any atom is 0.196 e. The standard InChI is InChI=1S/C13H17NO3/c1-9(15)11-5-6-13(17-11)14-7-8-16-12-4-2-3-10(12)14/h5-6,10,12H,2-4,7-8H2,1H3. The van der Waals surface area contributed by atoms with Crippen molar-refractivity contribution in [1.82, 2.24) is 0 Å². The topological polar surface area (TPSA) is 42.7 Å². The third-order valence-electron chi connectivity index (χ3n) is 3.70. The quantitative estimate of drug-likeness (QED) is 0.737. The van der Waals surface area contributed by atoms with Crippen LogP contribution >= 0.6 is 0 Å². The van der Waals surface area contributed by atoms with Gasteiger partial charge in [0.15, 0.2) is 17.4 Å². The normalized spacial score (nSPS) is 28.2. The summed E-state index contributed by atoms with van der Waals surface area (Å²) in [5.74, 6) is 1.24. The summed E-state index contributed by atoms with van der Waals surface area (Å²) in [5, 5.41) is 0. The van der Waals surface area contributed by atoms with Gasteiger partial charge in [0.2, 0.25) is 0 Å². The molecule has 1 aromatic heterocycles. The van der Waals surface area contributed by atoms with Gasteiger partial charge in [0, 0.05) is 19.5 Å². The van der Waals surface area contributed by atoms with Gasteiger partial charge >= 0.3 is 0 Å². The molecule has 92 valence electrons. The average molecular weight is 235 g/mol. The Labute approximate surface area is 101 Å². The van der Waals surface area contributed by atoms with Crippen LogP contribution in [0.2, 0.25) is 0 Å². The molecular weight excluding hydrogens is 218 g/mol. The summed E-state index contributed by atoms with van der Waals surface area (Å²) in [5.41, 5.74) is 0. The van der Waals surface area contributed by atoms with Crippen molar-refractivity contribution in [3.05, 3.63) is 17.9 Å². The first-order valence-corrected chi connectivity index (χ1v) is 6.25. The van der Waals surface area contributed by atoms with E-state index in [0.29, 0.717) is 17.9 Å². The molecule has 0 bridgehead atoms. The molecule has 0 spiro atoms. The van der Waals surface area contributed by atoms with Crippen LogP contribution in [0.5, 0.6) is 0 Å². The molecule has 2 aliphatic rings. The molecule has 2 heterocycles. The largest absolute Gasteiger partial charge is 0.437 e. The fourth-order valence-corrected chi connectivity index (χ4v) is 2.87. The second-order valence-electron chi connectivity index (χ2n) is 4.79. The van der Waals surface area contributed by atoms with E-state index < -0.39 is 0 Å². The summed E-state index contributed by atoms with van der Waals surface area (Å²) in [4.78, 5) is 13.5. The highest BCUT2D eigenvalue weighted by Crippen LogP contribution is 2.33. The van der Waals surface area contributed by atoms with Crippen LogP contribution in [0.15, 0.2) is 16.5 Å². The molecule has 0 radical (unpaired) electrons. The Hall–Kier alpha value is -1.29. The number of hydrogen-bond donors (Lipinski definition) is 0. The van der Waals surface area contributed by atoms with Crippen molar-refractivity contribution in [3.63, 3.8) is 0 Å². The number of fused-ring (bicyclic) bond motifs is 1. The minimum Gasteiger partial charge on any atom is -0.437 e. The van der Waals surface area contributed by atoms with Gasteiger partial charge in [-0.2, -0.15) is 0 Å². The molecule has 2 unspecified atom stereocenters. The van der Waals surface area contributed by atoms with E-state index in [-0.39, 0.29) is 5.78 Å². The maximum absolute atomic E-state index is 11.2. The minimum absolute atomic E-state index is 0.0209. The van der Waals surface area contributed by atoms with Crippen molar-refractivity contribution in [2.24, 2.45) is 0 Å². The van der Waals surface area contributed by atoms with Gasteiger partial charge in [-0.25, -0.2) is 0 Å². The van der Waals surface area contributed by atoms with Crippen LogP contribution in [0.1, 0.15) is 36.7 Å². The number of carbonyl (C=O) groups excluding carboxylic acids is 1. The number of ketones is 1. The lowest BCUT2D eigenvalue weighted by atomic mass is 10.1.